The maximum Gasteiger partial charge on any atom is 0.0998 e. The summed E-state index contributed by atoms with van der Waals surface area (Å²) in [5.41, 5.74) is 1.65. The minimum Gasteiger partial charge on any atom is -0.289 e. The molecule has 0 N–H and O–H groups in total. The maximum absolute atomic E-state index is 8.94. The van der Waals surface area contributed by atoms with Crippen LogP contribution in [-0.4, -0.2) is 12.3 Å². The Morgan fingerprint density at radius 2 is 1.94 bits per heavy atom. The van der Waals surface area contributed by atoms with Crippen molar-refractivity contribution in [1.29, 1.82) is 5.26 Å². The van der Waals surface area contributed by atoms with Crippen LogP contribution in [-0.2, 0) is 0 Å². The van der Waals surface area contributed by atoms with E-state index in [2.05, 4.69) is 11.1 Å². The number of aliphatic imine (C=N–C) groups is 1. The Morgan fingerprint density at radius 3 is 2.69 bits per heavy atom. The van der Waals surface area contributed by atoms with Crippen molar-refractivity contribution in [3.05, 3.63) is 35.4 Å². The lowest BCUT2D eigenvalue weighted by Gasteiger charge is -2.17. The van der Waals surface area contributed by atoms with E-state index in [1.807, 2.05) is 30.5 Å². The molecule has 0 bridgehead atoms. The van der Waals surface area contributed by atoms with Crippen LogP contribution in [0.5, 0.6) is 0 Å². The monoisotopic (exact) mass is 212 g/mol. The maximum atomic E-state index is 8.94. The summed E-state index contributed by atoms with van der Waals surface area (Å²) >= 11 is 0. The van der Waals surface area contributed by atoms with Crippen LogP contribution < -0.4 is 0 Å². The summed E-state index contributed by atoms with van der Waals surface area (Å²) in [4.78, 5) is 4.59. The second-order valence-electron chi connectivity index (χ2n) is 4.27. The van der Waals surface area contributed by atoms with Gasteiger partial charge in [0, 0.05) is 17.8 Å². The van der Waals surface area contributed by atoms with Gasteiger partial charge in [-0.2, -0.15) is 5.26 Å². The SMILES string of the molecule is N#Cc1ccccc1C=NC1CCCCC1. The minimum atomic E-state index is 0.473. The fraction of sp³-hybridized carbons (Fsp3) is 0.429. The number of hydrogen-bond donors (Lipinski definition) is 0. The summed E-state index contributed by atoms with van der Waals surface area (Å²) < 4.78 is 0. The molecule has 16 heavy (non-hydrogen) atoms. The van der Waals surface area contributed by atoms with E-state index in [1.165, 1.54) is 32.1 Å². The first-order valence-corrected chi connectivity index (χ1v) is 5.92. The zero-order valence-corrected chi connectivity index (χ0v) is 9.39. The third kappa shape index (κ3) is 2.70. The van der Waals surface area contributed by atoms with Gasteiger partial charge in [0.1, 0.15) is 0 Å². The average Bonchev–Trinajstić information content (AvgIpc) is 2.38. The summed E-state index contributed by atoms with van der Waals surface area (Å²) in [6.07, 6.45) is 8.20. The van der Waals surface area contributed by atoms with Crippen molar-refractivity contribution >= 4 is 6.21 Å². The van der Waals surface area contributed by atoms with Crippen molar-refractivity contribution in [2.45, 2.75) is 38.1 Å². The van der Waals surface area contributed by atoms with Crippen LogP contribution in [0.15, 0.2) is 29.3 Å². The molecular weight excluding hydrogens is 196 g/mol. The molecule has 0 amide bonds. The summed E-state index contributed by atoms with van der Waals surface area (Å²) in [7, 11) is 0. The zero-order chi connectivity index (χ0) is 11.2. The molecule has 1 aromatic carbocycles. The number of nitrogens with zero attached hydrogens (tertiary/aromatic N) is 2. The first kappa shape index (κ1) is 10.9. The third-order valence-corrected chi connectivity index (χ3v) is 3.08. The first-order chi connectivity index (χ1) is 7.90. The van der Waals surface area contributed by atoms with E-state index in [9.17, 15) is 0 Å². The lowest BCUT2D eigenvalue weighted by atomic mass is 9.96. The van der Waals surface area contributed by atoms with Crippen LogP contribution in [0.4, 0.5) is 0 Å². The van der Waals surface area contributed by atoms with Gasteiger partial charge >= 0.3 is 0 Å². The Morgan fingerprint density at radius 1 is 1.19 bits per heavy atom. The van der Waals surface area contributed by atoms with Crippen molar-refractivity contribution in [1.82, 2.24) is 0 Å². The number of nitriles is 1. The highest BCUT2D eigenvalue weighted by molar-refractivity contribution is 5.83. The molecule has 2 heteroatoms. The second-order valence-corrected chi connectivity index (χ2v) is 4.27. The Kier molecular flexibility index (Phi) is 3.71. The van der Waals surface area contributed by atoms with Gasteiger partial charge < -0.3 is 0 Å². The molecule has 0 saturated heterocycles. The van der Waals surface area contributed by atoms with Gasteiger partial charge in [0.15, 0.2) is 0 Å². The van der Waals surface area contributed by atoms with Crippen LogP contribution in [0.1, 0.15) is 43.2 Å². The Labute approximate surface area is 96.6 Å². The standard InChI is InChI=1S/C14H16N2/c15-10-12-6-4-5-7-13(12)11-16-14-8-2-1-3-9-14/h4-7,11,14H,1-3,8-9H2. The number of hydrogen-bond acceptors (Lipinski definition) is 2. The summed E-state index contributed by atoms with van der Waals surface area (Å²) in [6, 6.07) is 10.3. The summed E-state index contributed by atoms with van der Waals surface area (Å²) in [5.74, 6) is 0. The molecule has 1 fully saturated rings. The van der Waals surface area contributed by atoms with E-state index in [-0.39, 0.29) is 0 Å². The highest BCUT2D eigenvalue weighted by atomic mass is 14.8. The summed E-state index contributed by atoms with van der Waals surface area (Å²) in [5, 5.41) is 8.94. The molecule has 2 nitrogen and oxygen atoms in total. The fourth-order valence-corrected chi connectivity index (χ4v) is 2.13. The van der Waals surface area contributed by atoms with E-state index in [1.54, 1.807) is 0 Å². The Hall–Kier alpha value is -1.62. The van der Waals surface area contributed by atoms with Crippen LogP contribution >= 0.6 is 0 Å². The third-order valence-electron chi connectivity index (χ3n) is 3.08. The minimum absolute atomic E-state index is 0.473. The average molecular weight is 212 g/mol. The van der Waals surface area contributed by atoms with Crippen LogP contribution in [0, 0.1) is 11.3 Å². The van der Waals surface area contributed by atoms with Crippen LogP contribution in [0.2, 0.25) is 0 Å². The van der Waals surface area contributed by atoms with Crippen molar-refractivity contribution in [2.24, 2.45) is 4.99 Å². The van der Waals surface area contributed by atoms with E-state index in [0.29, 0.717) is 11.6 Å². The van der Waals surface area contributed by atoms with Gasteiger partial charge in [0.05, 0.1) is 11.6 Å². The van der Waals surface area contributed by atoms with Crippen molar-refractivity contribution in [2.75, 3.05) is 0 Å². The predicted molar refractivity (Wildman–Crippen MR) is 65.6 cm³/mol. The van der Waals surface area contributed by atoms with Crippen molar-refractivity contribution in [3.63, 3.8) is 0 Å². The topological polar surface area (TPSA) is 36.1 Å². The molecule has 1 aliphatic carbocycles. The molecule has 0 atom stereocenters. The number of benzene rings is 1. The molecule has 0 aromatic heterocycles. The quantitative estimate of drug-likeness (QED) is 0.693. The van der Waals surface area contributed by atoms with Crippen LogP contribution in [0.3, 0.4) is 0 Å². The lowest BCUT2D eigenvalue weighted by Crippen LogP contribution is -2.09. The molecule has 0 spiro atoms. The predicted octanol–water partition coefficient (Wildman–Crippen LogP) is 3.31. The first-order valence-electron chi connectivity index (χ1n) is 5.92. The normalized spacial score (nSPS) is 17.4. The smallest absolute Gasteiger partial charge is 0.0998 e. The van der Waals surface area contributed by atoms with E-state index in [4.69, 9.17) is 5.26 Å². The van der Waals surface area contributed by atoms with Gasteiger partial charge in [-0.3, -0.25) is 4.99 Å². The largest absolute Gasteiger partial charge is 0.289 e. The molecule has 1 saturated carbocycles. The molecular formula is C14H16N2. The molecule has 2 rings (SSSR count). The van der Waals surface area contributed by atoms with E-state index < -0.39 is 0 Å². The van der Waals surface area contributed by atoms with Gasteiger partial charge in [-0.05, 0) is 18.9 Å². The molecule has 0 radical (unpaired) electrons. The molecule has 0 unspecified atom stereocenters. The molecule has 0 aliphatic heterocycles. The van der Waals surface area contributed by atoms with Gasteiger partial charge in [-0.1, -0.05) is 37.5 Å². The van der Waals surface area contributed by atoms with Crippen molar-refractivity contribution < 1.29 is 0 Å². The van der Waals surface area contributed by atoms with Crippen molar-refractivity contribution in [3.8, 4) is 6.07 Å². The lowest BCUT2D eigenvalue weighted by molar-refractivity contribution is 0.444. The van der Waals surface area contributed by atoms with E-state index in [0.717, 1.165) is 5.56 Å². The fourth-order valence-electron chi connectivity index (χ4n) is 2.13. The van der Waals surface area contributed by atoms with Gasteiger partial charge in [0.2, 0.25) is 0 Å². The Balaban J connectivity index is 2.07. The highest BCUT2D eigenvalue weighted by Gasteiger charge is 2.10. The van der Waals surface area contributed by atoms with Crippen LogP contribution in [0.25, 0.3) is 0 Å². The zero-order valence-electron chi connectivity index (χ0n) is 9.39. The highest BCUT2D eigenvalue weighted by Crippen LogP contribution is 2.20. The second kappa shape index (κ2) is 5.46. The Bertz CT molecular complexity index is 409. The molecule has 1 aliphatic rings. The number of rotatable bonds is 2. The van der Waals surface area contributed by atoms with Gasteiger partial charge in [-0.25, -0.2) is 0 Å². The van der Waals surface area contributed by atoms with Gasteiger partial charge in [0.25, 0.3) is 0 Å². The van der Waals surface area contributed by atoms with E-state index >= 15 is 0 Å². The molecule has 0 heterocycles. The molecule has 1 aromatic rings. The summed E-state index contributed by atoms with van der Waals surface area (Å²) in [6.45, 7) is 0. The molecule has 82 valence electrons. The van der Waals surface area contributed by atoms with Gasteiger partial charge in [-0.15, -0.1) is 0 Å².